The third-order valence-electron chi connectivity index (χ3n) is 3.38. The topological polar surface area (TPSA) is 64.3 Å². The van der Waals surface area contributed by atoms with Crippen molar-refractivity contribution >= 4 is 16.9 Å². The van der Waals surface area contributed by atoms with Crippen molar-refractivity contribution in [2.75, 3.05) is 13.2 Å². The van der Waals surface area contributed by atoms with Gasteiger partial charge in [-0.3, -0.25) is 4.68 Å². The zero-order valence-electron chi connectivity index (χ0n) is 9.87. The number of carboxylic acids is 1. The molecule has 1 aliphatic heterocycles. The van der Waals surface area contributed by atoms with Crippen LogP contribution in [0.5, 0.6) is 0 Å². The molecule has 5 nitrogen and oxygen atoms in total. The number of aromatic nitrogens is 2. The number of carbonyl (C=O) groups is 1. The minimum Gasteiger partial charge on any atom is -0.478 e. The van der Waals surface area contributed by atoms with Crippen molar-refractivity contribution in [2.24, 2.45) is 0 Å². The molecular weight excluding hydrogens is 232 g/mol. The number of fused-ring (bicyclic) bond motifs is 1. The number of ether oxygens (including phenoxy) is 1. The Morgan fingerprint density at radius 2 is 2.17 bits per heavy atom. The number of nitrogens with zero attached hydrogens (tertiary/aromatic N) is 2. The van der Waals surface area contributed by atoms with Crippen LogP contribution in [0.25, 0.3) is 10.9 Å². The van der Waals surface area contributed by atoms with Crippen molar-refractivity contribution in [1.29, 1.82) is 0 Å². The number of hydrogen-bond donors (Lipinski definition) is 1. The van der Waals surface area contributed by atoms with Gasteiger partial charge in [0.25, 0.3) is 0 Å². The number of carboxylic acid groups (broad SMARTS) is 1. The van der Waals surface area contributed by atoms with Crippen LogP contribution < -0.4 is 0 Å². The monoisotopic (exact) mass is 246 g/mol. The average molecular weight is 246 g/mol. The van der Waals surface area contributed by atoms with E-state index >= 15 is 0 Å². The minimum atomic E-state index is -0.907. The van der Waals surface area contributed by atoms with Gasteiger partial charge in [0.15, 0.2) is 0 Å². The maximum Gasteiger partial charge on any atom is 0.335 e. The normalized spacial score (nSPS) is 17.1. The molecule has 0 unspecified atom stereocenters. The molecule has 0 bridgehead atoms. The van der Waals surface area contributed by atoms with E-state index in [9.17, 15) is 4.79 Å². The molecule has 3 rings (SSSR count). The molecule has 94 valence electrons. The molecule has 2 aromatic rings. The summed E-state index contributed by atoms with van der Waals surface area (Å²) in [7, 11) is 0. The standard InChI is InChI=1S/C13H14N2O3/c16-13(17)9-1-2-12-10(7-9)8-14-15(12)11-3-5-18-6-4-11/h1-2,7-8,11H,3-6H2,(H,16,17). The molecule has 1 fully saturated rings. The summed E-state index contributed by atoms with van der Waals surface area (Å²) in [6.07, 6.45) is 3.65. The third-order valence-corrected chi connectivity index (χ3v) is 3.38. The van der Waals surface area contributed by atoms with Gasteiger partial charge in [-0.25, -0.2) is 4.79 Å². The zero-order valence-corrected chi connectivity index (χ0v) is 9.87. The fourth-order valence-corrected chi connectivity index (χ4v) is 2.41. The van der Waals surface area contributed by atoms with E-state index in [2.05, 4.69) is 5.10 Å². The van der Waals surface area contributed by atoms with E-state index in [-0.39, 0.29) is 0 Å². The van der Waals surface area contributed by atoms with Crippen molar-refractivity contribution in [3.63, 3.8) is 0 Å². The summed E-state index contributed by atoms with van der Waals surface area (Å²) >= 11 is 0. The van der Waals surface area contributed by atoms with Crippen LogP contribution in [-0.4, -0.2) is 34.1 Å². The van der Waals surface area contributed by atoms with Crippen molar-refractivity contribution in [3.8, 4) is 0 Å². The molecule has 1 aromatic carbocycles. The van der Waals surface area contributed by atoms with Gasteiger partial charge >= 0.3 is 5.97 Å². The Kier molecular flexibility index (Phi) is 2.76. The second-order valence-electron chi connectivity index (χ2n) is 4.51. The summed E-state index contributed by atoms with van der Waals surface area (Å²) in [4.78, 5) is 10.9. The van der Waals surface area contributed by atoms with Gasteiger partial charge in [0.05, 0.1) is 23.3 Å². The zero-order chi connectivity index (χ0) is 12.5. The number of rotatable bonds is 2. The van der Waals surface area contributed by atoms with E-state index in [1.807, 2.05) is 10.7 Å². The van der Waals surface area contributed by atoms with Gasteiger partial charge in [-0.15, -0.1) is 0 Å². The van der Waals surface area contributed by atoms with E-state index in [0.29, 0.717) is 11.6 Å². The number of hydrogen-bond acceptors (Lipinski definition) is 3. The van der Waals surface area contributed by atoms with Gasteiger partial charge in [0.2, 0.25) is 0 Å². The summed E-state index contributed by atoms with van der Waals surface area (Å²) < 4.78 is 7.33. The average Bonchev–Trinajstić information content (AvgIpc) is 2.82. The van der Waals surface area contributed by atoms with Gasteiger partial charge < -0.3 is 9.84 Å². The van der Waals surface area contributed by atoms with Gasteiger partial charge in [-0.1, -0.05) is 0 Å². The highest BCUT2D eigenvalue weighted by molar-refractivity contribution is 5.93. The van der Waals surface area contributed by atoms with Crippen molar-refractivity contribution in [2.45, 2.75) is 18.9 Å². The van der Waals surface area contributed by atoms with Crippen LogP contribution >= 0.6 is 0 Å². The fraction of sp³-hybridized carbons (Fsp3) is 0.385. The Balaban J connectivity index is 2.01. The van der Waals surface area contributed by atoms with Crippen molar-refractivity contribution < 1.29 is 14.6 Å². The Labute approximate surface area is 104 Å². The molecule has 5 heteroatoms. The first-order valence-corrected chi connectivity index (χ1v) is 6.04. The quantitative estimate of drug-likeness (QED) is 0.881. The summed E-state index contributed by atoms with van der Waals surface area (Å²) in [5.74, 6) is -0.907. The molecule has 0 aliphatic carbocycles. The van der Waals surface area contributed by atoms with Gasteiger partial charge in [-0.05, 0) is 31.0 Å². The predicted molar refractivity (Wildman–Crippen MR) is 65.8 cm³/mol. The highest BCUT2D eigenvalue weighted by Crippen LogP contribution is 2.25. The van der Waals surface area contributed by atoms with E-state index in [0.717, 1.165) is 37.0 Å². The van der Waals surface area contributed by atoms with Crippen molar-refractivity contribution in [3.05, 3.63) is 30.0 Å². The lowest BCUT2D eigenvalue weighted by molar-refractivity contribution is 0.0674. The lowest BCUT2D eigenvalue weighted by Crippen LogP contribution is -2.20. The maximum atomic E-state index is 10.9. The van der Waals surface area contributed by atoms with Crippen LogP contribution in [-0.2, 0) is 4.74 Å². The van der Waals surface area contributed by atoms with E-state index in [1.54, 1.807) is 18.3 Å². The third kappa shape index (κ3) is 1.86. The van der Waals surface area contributed by atoms with Crippen molar-refractivity contribution in [1.82, 2.24) is 9.78 Å². The Hall–Kier alpha value is -1.88. The SMILES string of the molecule is O=C(O)c1ccc2c(cnn2C2CCOCC2)c1. The smallest absolute Gasteiger partial charge is 0.335 e. The molecule has 1 aliphatic rings. The lowest BCUT2D eigenvalue weighted by Gasteiger charge is -2.23. The molecule has 1 saturated heterocycles. The van der Waals surface area contributed by atoms with Crippen LogP contribution in [0.4, 0.5) is 0 Å². The second kappa shape index (κ2) is 4.42. The fourth-order valence-electron chi connectivity index (χ4n) is 2.41. The molecule has 18 heavy (non-hydrogen) atoms. The molecule has 0 spiro atoms. The number of benzene rings is 1. The molecule has 0 atom stereocenters. The Morgan fingerprint density at radius 1 is 1.39 bits per heavy atom. The Morgan fingerprint density at radius 3 is 2.89 bits per heavy atom. The minimum absolute atomic E-state index is 0.300. The second-order valence-corrected chi connectivity index (χ2v) is 4.51. The highest BCUT2D eigenvalue weighted by Gasteiger charge is 2.18. The largest absolute Gasteiger partial charge is 0.478 e. The van der Waals surface area contributed by atoms with Crippen LogP contribution in [0, 0.1) is 0 Å². The lowest BCUT2D eigenvalue weighted by atomic mass is 10.1. The highest BCUT2D eigenvalue weighted by atomic mass is 16.5. The molecule has 2 heterocycles. The maximum absolute atomic E-state index is 10.9. The number of aromatic carboxylic acids is 1. The summed E-state index contributed by atoms with van der Waals surface area (Å²) in [5.41, 5.74) is 1.29. The summed E-state index contributed by atoms with van der Waals surface area (Å²) in [6, 6.07) is 5.48. The molecule has 1 N–H and O–H groups in total. The molecule has 1 aromatic heterocycles. The van der Waals surface area contributed by atoms with Crippen LogP contribution in [0.15, 0.2) is 24.4 Å². The van der Waals surface area contributed by atoms with E-state index < -0.39 is 5.97 Å². The Bertz CT molecular complexity index is 585. The first-order chi connectivity index (χ1) is 8.75. The molecule has 0 amide bonds. The van der Waals surface area contributed by atoms with Crippen LogP contribution in [0.2, 0.25) is 0 Å². The van der Waals surface area contributed by atoms with E-state index in [4.69, 9.17) is 9.84 Å². The van der Waals surface area contributed by atoms with Gasteiger partial charge in [0.1, 0.15) is 0 Å². The predicted octanol–water partition coefficient (Wildman–Crippen LogP) is 2.09. The molecular formula is C13H14N2O3. The first kappa shape index (κ1) is 11.2. The van der Waals surface area contributed by atoms with Gasteiger partial charge in [0, 0.05) is 18.6 Å². The van der Waals surface area contributed by atoms with E-state index in [1.165, 1.54) is 0 Å². The van der Waals surface area contributed by atoms with Crippen LogP contribution in [0.1, 0.15) is 29.2 Å². The molecule has 0 radical (unpaired) electrons. The molecule has 0 saturated carbocycles. The van der Waals surface area contributed by atoms with Crippen LogP contribution in [0.3, 0.4) is 0 Å². The van der Waals surface area contributed by atoms with Gasteiger partial charge in [-0.2, -0.15) is 5.10 Å². The first-order valence-electron chi connectivity index (χ1n) is 6.04. The summed E-state index contributed by atoms with van der Waals surface area (Å²) in [5, 5.41) is 14.2. The summed E-state index contributed by atoms with van der Waals surface area (Å²) in [6.45, 7) is 1.53.